The maximum absolute atomic E-state index is 13.5. The summed E-state index contributed by atoms with van der Waals surface area (Å²) in [5.74, 6) is 0.0221. The molecule has 0 radical (unpaired) electrons. The monoisotopic (exact) mass is 480 g/mol. The van der Waals surface area contributed by atoms with Crippen molar-refractivity contribution in [2.45, 2.75) is 37.2 Å². The smallest absolute Gasteiger partial charge is 0.243 e. The average molecular weight is 481 g/mol. The van der Waals surface area contributed by atoms with E-state index in [0.717, 1.165) is 22.4 Å². The molecule has 6 heteroatoms. The molecule has 2 amide bonds. The number of thioether (sulfide) groups is 1. The van der Waals surface area contributed by atoms with E-state index >= 15 is 0 Å². The van der Waals surface area contributed by atoms with Crippen molar-refractivity contribution >= 4 is 35.2 Å². The molecule has 0 spiro atoms. The lowest BCUT2D eigenvalue weighted by Crippen LogP contribution is -2.51. The summed E-state index contributed by atoms with van der Waals surface area (Å²) >= 11 is 7.68. The highest BCUT2D eigenvalue weighted by Gasteiger charge is 2.30. The number of carbonyl (C=O) groups is 2. The molecule has 0 bridgehead atoms. The highest BCUT2D eigenvalue weighted by molar-refractivity contribution is 8.00. The van der Waals surface area contributed by atoms with Gasteiger partial charge in [0.05, 0.1) is 5.75 Å². The molecular weight excluding hydrogens is 452 g/mol. The summed E-state index contributed by atoms with van der Waals surface area (Å²) in [4.78, 5) is 29.5. The molecule has 0 heterocycles. The van der Waals surface area contributed by atoms with Gasteiger partial charge in [0, 0.05) is 29.4 Å². The van der Waals surface area contributed by atoms with Crippen LogP contribution in [-0.2, 0) is 22.6 Å². The highest BCUT2D eigenvalue weighted by Crippen LogP contribution is 2.21. The van der Waals surface area contributed by atoms with E-state index in [1.165, 1.54) is 11.8 Å². The van der Waals surface area contributed by atoms with Gasteiger partial charge in [0.2, 0.25) is 11.8 Å². The van der Waals surface area contributed by atoms with Crippen LogP contribution >= 0.6 is 23.4 Å². The van der Waals surface area contributed by atoms with Crippen molar-refractivity contribution in [2.75, 3.05) is 12.3 Å². The molecule has 1 atom stereocenters. The van der Waals surface area contributed by atoms with Crippen LogP contribution in [0, 0.1) is 0 Å². The third-order valence-electron chi connectivity index (χ3n) is 5.17. The van der Waals surface area contributed by atoms with Crippen LogP contribution in [-0.4, -0.2) is 35.1 Å². The molecule has 0 aromatic heterocycles. The van der Waals surface area contributed by atoms with Gasteiger partial charge in [-0.3, -0.25) is 9.59 Å². The molecular formula is C27H29ClN2O2S. The van der Waals surface area contributed by atoms with Gasteiger partial charge in [0.1, 0.15) is 6.04 Å². The summed E-state index contributed by atoms with van der Waals surface area (Å²) in [5.41, 5.74) is 1.90. The molecule has 172 valence electrons. The van der Waals surface area contributed by atoms with E-state index in [0.29, 0.717) is 24.5 Å². The van der Waals surface area contributed by atoms with Gasteiger partial charge in [0.25, 0.3) is 0 Å². The number of carbonyl (C=O) groups excluding carboxylic acids is 2. The van der Waals surface area contributed by atoms with Gasteiger partial charge in [-0.05, 0) is 41.8 Å². The van der Waals surface area contributed by atoms with Crippen LogP contribution in [0.25, 0.3) is 0 Å². The average Bonchev–Trinajstić information content (AvgIpc) is 2.84. The standard InChI is InChI=1S/C27H29ClN2O2S/c1-2-16-29-27(32)25(18-21-10-5-3-6-11-21)30(19-22-12-9-13-23(28)17-22)26(31)20-33-24-14-7-4-8-15-24/h3-15,17,25H,2,16,18-20H2,1H3,(H,29,32). The summed E-state index contributed by atoms with van der Waals surface area (Å²) in [6.07, 6.45) is 1.27. The maximum atomic E-state index is 13.5. The Morgan fingerprint density at radius 3 is 2.27 bits per heavy atom. The first-order valence-corrected chi connectivity index (χ1v) is 12.5. The van der Waals surface area contributed by atoms with Crippen molar-refractivity contribution in [3.05, 3.63) is 101 Å². The number of hydrogen-bond acceptors (Lipinski definition) is 3. The van der Waals surface area contributed by atoms with Crippen LogP contribution in [0.4, 0.5) is 0 Å². The van der Waals surface area contributed by atoms with E-state index < -0.39 is 6.04 Å². The number of benzene rings is 3. The summed E-state index contributed by atoms with van der Waals surface area (Å²) in [7, 11) is 0. The molecule has 1 N–H and O–H groups in total. The Kier molecular flexibility index (Phi) is 9.85. The number of halogens is 1. The molecule has 0 aliphatic rings. The van der Waals surface area contributed by atoms with Gasteiger partial charge < -0.3 is 10.2 Å². The third-order valence-corrected chi connectivity index (χ3v) is 6.40. The maximum Gasteiger partial charge on any atom is 0.243 e. The Balaban J connectivity index is 1.88. The van der Waals surface area contributed by atoms with Crippen molar-refractivity contribution in [3.63, 3.8) is 0 Å². The fraction of sp³-hybridized carbons (Fsp3) is 0.259. The quantitative estimate of drug-likeness (QED) is 0.363. The van der Waals surface area contributed by atoms with Crippen LogP contribution in [0.1, 0.15) is 24.5 Å². The second-order valence-electron chi connectivity index (χ2n) is 7.75. The lowest BCUT2D eigenvalue weighted by molar-refractivity contribution is -0.139. The predicted molar refractivity (Wildman–Crippen MR) is 136 cm³/mol. The lowest BCUT2D eigenvalue weighted by atomic mass is 10.0. The summed E-state index contributed by atoms with van der Waals surface area (Å²) < 4.78 is 0. The largest absolute Gasteiger partial charge is 0.354 e. The second kappa shape index (κ2) is 13.1. The van der Waals surface area contributed by atoms with Crippen molar-refractivity contribution in [2.24, 2.45) is 0 Å². The van der Waals surface area contributed by atoms with Crippen LogP contribution in [0.3, 0.4) is 0 Å². The minimum atomic E-state index is -0.623. The molecule has 3 aromatic rings. The third kappa shape index (κ3) is 7.95. The molecule has 1 unspecified atom stereocenters. The zero-order valence-corrected chi connectivity index (χ0v) is 20.3. The number of nitrogens with zero attached hydrogens (tertiary/aromatic N) is 1. The Morgan fingerprint density at radius 1 is 0.939 bits per heavy atom. The van der Waals surface area contributed by atoms with Crippen molar-refractivity contribution < 1.29 is 9.59 Å². The van der Waals surface area contributed by atoms with Gasteiger partial charge >= 0.3 is 0 Å². The molecule has 0 aliphatic carbocycles. The highest BCUT2D eigenvalue weighted by atomic mass is 35.5. The van der Waals surface area contributed by atoms with Crippen LogP contribution in [0.5, 0.6) is 0 Å². The van der Waals surface area contributed by atoms with Crippen molar-refractivity contribution in [1.82, 2.24) is 10.2 Å². The number of hydrogen-bond donors (Lipinski definition) is 1. The van der Waals surface area contributed by atoms with Crippen molar-refractivity contribution in [1.29, 1.82) is 0 Å². The first kappa shape index (κ1) is 24.9. The number of amides is 2. The van der Waals surface area contributed by atoms with Crippen LogP contribution < -0.4 is 5.32 Å². The summed E-state index contributed by atoms with van der Waals surface area (Å²) in [5, 5.41) is 3.60. The van der Waals surface area contributed by atoms with Gasteiger partial charge in [-0.15, -0.1) is 11.8 Å². The minimum Gasteiger partial charge on any atom is -0.354 e. The molecule has 0 aliphatic heterocycles. The first-order valence-electron chi connectivity index (χ1n) is 11.1. The van der Waals surface area contributed by atoms with E-state index in [-0.39, 0.29) is 17.6 Å². The fourth-order valence-electron chi connectivity index (χ4n) is 3.50. The number of nitrogens with one attached hydrogen (secondary N) is 1. The van der Waals surface area contributed by atoms with Gasteiger partial charge in [-0.2, -0.15) is 0 Å². The van der Waals surface area contributed by atoms with E-state index in [1.807, 2.05) is 85.8 Å². The lowest BCUT2D eigenvalue weighted by Gasteiger charge is -2.31. The topological polar surface area (TPSA) is 49.4 Å². The van der Waals surface area contributed by atoms with E-state index in [2.05, 4.69) is 5.32 Å². The number of rotatable bonds is 11. The predicted octanol–water partition coefficient (Wildman–Crippen LogP) is 5.60. The zero-order valence-electron chi connectivity index (χ0n) is 18.7. The Labute approximate surface area is 205 Å². The molecule has 0 saturated heterocycles. The summed E-state index contributed by atoms with van der Waals surface area (Å²) in [6, 6.07) is 26.4. The van der Waals surface area contributed by atoms with Gasteiger partial charge in [-0.25, -0.2) is 0 Å². The second-order valence-corrected chi connectivity index (χ2v) is 9.24. The molecule has 4 nitrogen and oxygen atoms in total. The summed E-state index contributed by atoms with van der Waals surface area (Å²) in [6.45, 7) is 2.89. The van der Waals surface area contributed by atoms with Crippen LogP contribution in [0.2, 0.25) is 5.02 Å². The SMILES string of the molecule is CCCNC(=O)C(Cc1ccccc1)N(Cc1cccc(Cl)c1)C(=O)CSc1ccccc1. The van der Waals surface area contributed by atoms with Crippen LogP contribution in [0.15, 0.2) is 89.8 Å². The molecule has 33 heavy (non-hydrogen) atoms. The van der Waals surface area contributed by atoms with Crippen molar-refractivity contribution in [3.8, 4) is 0 Å². The normalized spacial score (nSPS) is 11.6. The molecule has 0 fully saturated rings. The van der Waals surface area contributed by atoms with E-state index in [1.54, 1.807) is 11.0 Å². The Hall–Kier alpha value is -2.76. The van der Waals surface area contributed by atoms with Gasteiger partial charge in [-0.1, -0.05) is 79.2 Å². The first-order chi connectivity index (χ1) is 16.1. The van der Waals surface area contributed by atoms with E-state index in [9.17, 15) is 9.59 Å². The Bertz CT molecular complexity index is 1030. The molecule has 0 saturated carbocycles. The molecule has 3 rings (SSSR count). The minimum absolute atomic E-state index is 0.0867. The molecule has 3 aromatic carbocycles. The fourth-order valence-corrected chi connectivity index (χ4v) is 4.52. The zero-order chi connectivity index (χ0) is 23.5. The van der Waals surface area contributed by atoms with E-state index in [4.69, 9.17) is 11.6 Å². The van der Waals surface area contributed by atoms with Gasteiger partial charge in [0.15, 0.2) is 0 Å². The Morgan fingerprint density at radius 2 is 1.61 bits per heavy atom.